The van der Waals surface area contributed by atoms with Crippen molar-refractivity contribution >= 4 is 41.1 Å². The number of nitrogens with zero attached hydrogens (tertiary/aromatic N) is 3. The van der Waals surface area contributed by atoms with E-state index in [9.17, 15) is 14.4 Å². The minimum absolute atomic E-state index is 0.248. The predicted molar refractivity (Wildman–Crippen MR) is 109 cm³/mol. The van der Waals surface area contributed by atoms with Crippen LogP contribution in [0, 0.1) is 11.8 Å². The first-order chi connectivity index (χ1) is 14.1. The summed E-state index contributed by atoms with van der Waals surface area (Å²) in [5.41, 5.74) is 0.950. The number of hydrogen-bond donors (Lipinski definition) is 0. The highest BCUT2D eigenvalue weighted by molar-refractivity contribution is 6.30. The number of Topliss-reactive ketones (excluding diaryl/α,β-unsaturated/α-hetero) is 1. The van der Waals surface area contributed by atoms with Crippen molar-refractivity contribution in [3.63, 3.8) is 0 Å². The molecule has 0 unspecified atom stereocenters. The minimum Gasteiger partial charge on any atom is -0.292 e. The number of halogens is 1. The highest BCUT2D eigenvalue weighted by Crippen LogP contribution is 2.46. The Hall–Kier alpha value is -3.25. The van der Waals surface area contributed by atoms with Crippen LogP contribution in [-0.2, 0) is 9.59 Å². The smallest absolute Gasteiger partial charge is 0.240 e. The van der Waals surface area contributed by atoms with Gasteiger partial charge in [-0.05, 0) is 42.5 Å². The Balaban J connectivity index is 1.58. The average Bonchev–Trinajstić information content (AvgIpc) is 3.22. The molecule has 0 saturated carbocycles. The molecule has 2 aromatic rings. The Bertz CT molecular complexity index is 1060. The molecule has 0 N–H and O–H groups in total. The van der Waals surface area contributed by atoms with E-state index < -0.39 is 23.9 Å². The number of carbonyl (C=O) groups excluding carboxylic acids is 3. The van der Waals surface area contributed by atoms with Crippen molar-refractivity contribution in [2.24, 2.45) is 16.9 Å². The van der Waals surface area contributed by atoms with Crippen LogP contribution in [0.4, 0.5) is 5.69 Å². The third kappa shape index (κ3) is 2.63. The Kier molecular flexibility index (Phi) is 4.10. The van der Waals surface area contributed by atoms with E-state index in [2.05, 4.69) is 5.10 Å². The maximum Gasteiger partial charge on any atom is 0.240 e. The summed E-state index contributed by atoms with van der Waals surface area (Å²) in [5, 5.41) is 6.46. The van der Waals surface area contributed by atoms with Crippen molar-refractivity contribution in [1.29, 1.82) is 0 Å². The van der Waals surface area contributed by atoms with Crippen molar-refractivity contribution in [1.82, 2.24) is 5.01 Å². The Morgan fingerprint density at radius 2 is 1.62 bits per heavy atom. The molecule has 0 spiro atoms. The molecule has 2 fully saturated rings. The monoisotopic (exact) mass is 405 g/mol. The lowest BCUT2D eigenvalue weighted by atomic mass is 9.86. The molecule has 4 atom stereocenters. The molecule has 5 rings (SSSR count). The fourth-order valence-corrected chi connectivity index (χ4v) is 4.58. The van der Waals surface area contributed by atoms with Gasteiger partial charge in [0, 0.05) is 16.8 Å². The van der Waals surface area contributed by atoms with Gasteiger partial charge in [0.15, 0.2) is 5.78 Å². The highest BCUT2D eigenvalue weighted by Gasteiger charge is 2.64. The molecule has 3 aliphatic rings. The van der Waals surface area contributed by atoms with Gasteiger partial charge in [0.05, 0.1) is 23.6 Å². The molecule has 2 aromatic carbocycles. The number of anilines is 1. The van der Waals surface area contributed by atoms with Gasteiger partial charge < -0.3 is 0 Å². The number of fused-ring (bicyclic) bond motifs is 3. The molecule has 29 heavy (non-hydrogen) atoms. The topological polar surface area (TPSA) is 70.0 Å². The molecule has 0 aliphatic carbocycles. The number of rotatable bonds is 3. The zero-order valence-electron chi connectivity index (χ0n) is 15.2. The Morgan fingerprint density at radius 3 is 2.34 bits per heavy atom. The second-order valence-electron chi connectivity index (χ2n) is 7.24. The summed E-state index contributed by atoms with van der Waals surface area (Å²) in [7, 11) is 0. The van der Waals surface area contributed by atoms with E-state index in [0.29, 0.717) is 16.3 Å². The molecule has 0 aromatic heterocycles. The summed E-state index contributed by atoms with van der Waals surface area (Å²) in [6.45, 7) is 0. The maximum absolute atomic E-state index is 13.4. The zero-order chi connectivity index (χ0) is 20.1. The fourth-order valence-electron chi connectivity index (χ4n) is 4.45. The second-order valence-corrected chi connectivity index (χ2v) is 7.67. The van der Waals surface area contributed by atoms with Crippen LogP contribution < -0.4 is 4.90 Å². The molecule has 2 saturated heterocycles. The predicted octanol–water partition coefficient (Wildman–Crippen LogP) is 2.94. The standard InChI is InChI=1S/C22H16ClN3O3/c23-14-10-8-13(9-11-14)20(27)19-18-17(16-7-4-12-24-26(16)19)21(28)25(22(18)29)15-5-2-1-3-6-15/h1-12,16-19H/t16-,17+,18-,19+/m1/s1. The van der Waals surface area contributed by atoms with Crippen LogP contribution in [0.2, 0.25) is 5.02 Å². The van der Waals surface area contributed by atoms with Crippen LogP contribution in [0.3, 0.4) is 0 Å². The highest BCUT2D eigenvalue weighted by atomic mass is 35.5. The van der Waals surface area contributed by atoms with Crippen molar-refractivity contribution in [3.05, 3.63) is 77.3 Å². The van der Waals surface area contributed by atoms with Crippen molar-refractivity contribution in [2.45, 2.75) is 12.1 Å². The lowest BCUT2D eigenvalue weighted by molar-refractivity contribution is -0.123. The number of benzene rings is 2. The number of allylic oxidation sites excluding steroid dienone is 1. The summed E-state index contributed by atoms with van der Waals surface area (Å²) in [6.07, 6.45) is 5.15. The van der Waals surface area contributed by atoms with Gasteiger partial charge in [-0.3, -0.25) is 19.4 Å². The van der Waals surface area contributed by atoms with E-state index in [1.165, 1.54) is 4.90 Å². The van der Waals surface area contributed by atoms with Crippen LogP contribution in [-0.4, -0.2) is 40.9 Å². The molecular weight excluding hydrogens is 390 g/mol. The fraction of sp³-hybridized carbons (Fsp3) is 0.182. The minimum atomic E-state index is -0.850. The largest absolute Gasteiger partial charge is 0.292 e. The third-order valence-corrected chi connectivity index (χ3v) is 5.95. The first-order valence-electron chi connectivity index (χ1n) is 9.29. The molecular formula is C22H16ClN3O3. The molecule has 7 heteroatoms. The van der Waals surface area contributed by atoms with Gasteiger partial charge >= 0.3 is 0 Å². The van der Waals surface area contributed by atoms with Gasteiger partial charge in [-0.1, -0.05) is 35.9 Å². The van der Waals surface area contributed by atoms with E-state index in [1.807, 2.05) is 12.1 Å². The van der Waals surface area contributed by atoms with Crippen LogP contribution in [0.5, 0.6) is 0 Å². The number of amides is 2. The van der Waals surface area contributed by atoms with Gasteiger partial charge in [0.2, 0.25) is 11.8 Å². The number of hydrogen-bond acceptors (Lipinski definition) is 5. The van der Waals surface area contributed by atoms with E-state index in [0.717, 1.165) is 0 Å². The number of hydrazone groups is 1. The van der Waals surface area contributed by atoms with Crippen LogP contribution in [0.25, 0.3) is 0 Å². The first kappa shape index (κ1) is 17.8. The van der Waals surface area contributed by atoms with Crippen molar-refractivity contribution in [3.8, 4) is 0 Å². The molecule has 144 valence electrons. The van der Waals surface area contributed by atoms with Gasteiger partial charge in [-0.2, -0.15) is 5.10 Å². The van der Waals surface area contributed by atoms with E-state index in [4.69, 9.17) is 11.6 Å². The normalized spacial score (nSPS) is 27.3. The number of imide groups is 1. The van der Waals surface area contributed by atoms with Gasteiger partial charge in [0.25, 0.3) is 0 Å². The van der Waals surface area contributed by atoms with E-state index >= 15 is 0 Å². The number of para-hydroxylation sites is 1. The number of ketones is 1. The molecule has 2 amide bonds. The van der Waals surface area contributed by atoms with Gasteiger partial charge in [0.1, 0.15) is 6.04 Å². The van der Waals surface area contributed by atoms with Crippen LogP contribution in [0.15, 0.2) is 71.9 Å². The Labute approximate surface area is 172 Å². The van der Waals surface area contributed by atoms with E-state index in [-0.39, 0.29) is 17.6 Å². The maximum atomic E-state index is 13.4. The molecule has 0 bridgehead atoms. The average molecular weight is 406 g/mol. The summed E-state index contributed by atoms with van der Waals surface area (Å²) in [5.74, 6) is -2.36. The molecule has 3 aliphatic heterocycles. The van der Waals surface area contributed by atoms with Crippen LogP contribution >= 0.6 is 11.6 Å². The van der Waals surface area contributed by atoms with Gasteiger partial charge in [-0.25, -0.2) is 4.90 Å². The van der Waals surface area contributed by atoms with Crippen molar-refractivity contribution in [2.75, 3.05) is 4.90 Å². The van der Waals surface area contributed by atoms with E-state index in [1.54, 1.807) is 65.8 Å². The van der Waals surface area contributed by atoms with Gasteiger partial charge in [-0.15, -0.1) is 0 Å². The second kappa shape index (κ2) is 6.67. The van der Waals surface area contributed by atoms with Crippen LogP contribution in [0.1, 0.15) is 10.4 Å². The molecule has 3 heterocycles. The summed E-state index contributed by atoms with van der Waals surface area (Å²) >= 11 is 5.95. The molecule has 6 nitrogen and oxygen atoms in total. The zero-order valence-corrected chi connectivity index (χ0v) is 15.9. The lowest BCUT2D eigenvalue weighted by Gasteiger charge is -2.30. The SMILES string of the molecule is O=C(c1ccc(Cl)cc1)[C@@H]1[C@@H]2C(=O)N(c3ccccc3)C(=O)[C@H]2[C@H]2C=CC=NN21. The summed E-state index contributed by atoms with van der Waals surface area (Å²) in [4.78, 5) is 41.2. The lowest BCUT2D eigenvalue weighted by Crippen LogP contribution is -2.46. The van der Waals surface area contributed by atoms with Crippen molar-refractivity contribution < 1.29 is 14.4 Å². The third-order valence-electron chi connectivity index (χ3n) is 5.70. The number of carbonyl (C=O) groups is 3. The summed E-state index contributed by atoms with van der Waals surface area (Å²) in [6, 6.07) is 14.1. The molecule has 0 radical (unpaired) electrons. The Morgan fingerprint density at radius 1 is 0.931 bits per heavy atom. The summed E-state index contributed by atoms with van der Waals surface area (Å²) < 4.78 is 0. The quantitative estimate of drug-likeness (QED) is 0.581. The first-order valence-corrected chi connectivity index (χ1v) is 9.67.